The van der Waals surface area contributed by atoms with Gasteiger partial charge in [-0.25, -0.2) is 18.4 Å². The molecule has 10 heteroatoms. The largest absolute Gasteiger partial charge is 0.332 e. The smallest absolute Gasteiger partial charge is 0.263 e. The van der Waals surface area contributed by atoms with E-state index in [4.69, 9.17) is 0 Å². The summed E-state index contributed by atoms with van der Waals surface area (Å²) in [6.07, 6.45) is 2.54. The number of aromatic nitrogens is 2. The van der Waals surface area contributed by atoms with Gasteiger partial charge in [0.1, 0.15) is 0 Å². The fraction of sp³-hybridized carbons (Fsp3) is 0.143. The van der Waals surface area contributed by atoms with Crippen molar-refractivity contribution in [3.63, 3.8) is 0 Å². The minimum atomic E-state index is -3.67. The Balaban J connectivity index is 1.13. The predicted molar refractivity (Wildman–Crippen MR) is 156 cm³/mol. The van der Waals surface area contributed by atoms with Crippen LogP contribution in [0.25, 0.3) is 0 Å². The molecule has 0 radical (unpaired) electrons. The quantitative estimate of drug-likeness (QED) is 0.151. The van der Waals surface area contributed by atoms with E-state index in [-0.39, 0.29) is 4.90 Å². The molecule has 0 atom stereocenters. The van der Waals surface area contributed by atoms with Gasteiger partial charge >= 0.3 is 0 Å². The Labute approximate surface area is 230 Å². The molecule has 38 heavy (non-hydrogen) atoms. The Morgan fingerprint density at radius 3 is 2.13 bits per heavy atom. The lowest BCUT2D eigenvalue weighted by molar-refractivity contribution is 0.601. The molecule has 194 valence electrons. The number of anilines is 3. The number of nitrogens with zero attached hydrogens (tertiary/aromatic N) is 2. The highest BCUT2D eigenvalue weighted by atomic mass is 32.2. The normalized spacial score (nSPS) is 11.5. The van der Waals surface area contributed by atoms with Crippen molar-refractivity contribution in [3.05, 3.63) is 119 Å². The Kier molecular flexibility index (Phi) is 8.44. The van der Waals surface area contributed by atoms with Gasteiger partial charge in [-0.05, 0) is 48.4 Å². The van der Waals surface area contributed by atoms with Crippen molar-refractivity contribution >= 4 is 48.6 Å². The molecular weight excluding hydrogens is 535 g/mol. The second-order valence-corrected chi connectivity index (χ2v) is 12.0. The number of hydrogen-bond donors (Lipinski definition) is 3. The maximum atomic E-state index is 12.5. The first kappa shape index (κ1) is 26.1. The van der Waals surface area contributed by atoms with Gasteiger partial charge in [0.25, 0.3) is 10.0 Å². The molecule has 0 unspecified atom stereocenters. The second kappa shape index (κ2) is 12.3. The van der Waals surface area contributed by atoms with Gasteiger partial charge in [-0.1, -0.05) is 60.7 Å². The van der Waals surface area contributed by atoms with Gasteiger partial charge in [-0.2, -0.15) is 0 Å². The highest BCUT2D eigenvalue weighted by Gasteiger charge is 2.16. The van der Waals surface area contributed by atoms with Gasteiger partial charge in [0.2, 0.25) is 0 Å². The SMILES string of the molecule is O=S(=O)(Nc1nccs1)c1ccc(Nc2nc(CNCCC(c3ccccc3)c3ccccc3)cs2)cc1. The van der Waals surface area contributed by atoms with E-state index in [1.807, 2.05) is 5.38 Å². The minimum absolute atomic E-state index is 0.173. The zero-order chi connectivity index (χ0) is 26.2. The molecular formula is C28H27N5O2S3. The molecule has 0 bridgehead atoms. The maximum absolute atomic E-state index is 12.5. The molecule has 5 rings (SSSR count). The topological polar surface area (TPSA) is 96.0 Å². The summed E-state index contributed by atoms with van der Waals surface area (Å²) in [5.74, 6) is 0.334. The van der Waals surface area contributed by atoms with Crippen molar-refractivity contribution in [1.29, 1.82) is 0 Å². The molecule has 0 amide bonds. The Morgan fingerprint density at radius 2 is 1.50 bits per heavy atom. The van der Waals surface area contributed by atoms with Crippen LogP contribution in [0.5, 0.6) is 0 Å². The van der Waals surface area contributed by atoms with Crippen molar-refractivity contribution in [2.45, 2.75) is 23.8 Å². The Hall–Kier alpha value is -3.57. The number of nitrogens with one attached hydrogen (secondary N) is 3. The van der Waals surface area contributed by atoms with Crippen LogP contribution in [0.15, 0.2) is 107 Å². The third-order valence-corrected chi connectivity index (χ3v) is 8.92. The van der Waals surface area contributed by atoms with Crippen LogP contribution in [0.2, 0.25) is 0 Å². The molecule has 3 N–H and O–H groups in total. The predicted octanol–water partition coefficient (Wildman–Crippen LogP) is 6.46. The van der Waals surface area contributed by atoms with E-state index < -0.39 is 10.0 Å². The van der Waals surface area contributed by atoms with E-state index in [0.29, 0.717) is 17.6 Å². The summed E-state index contributed by atoms with van der Waals surface area (Å²) in [6.45, 7) is 1.54. The van der Waals surface area contributed by atoms with Crippen molar-refractivity contribution in [3.8, 4) is 0 Å². The molecule has 5 aromatic rings. The molecule has 0 saturated carbocycles. The second-order valence-electron chi connectivity index (χ2n) is 8.58. The summed E-state index contributed by atoms with van der Waals surface area (Å²) >= 11 is 2.75. The molecule has 0 aliphatic rings. The van der Waals surface area contributed by atoms with Gasteiger partial charge in [-0.15, -0.1) is 22.7 Å². The van der Waals surface area contributed by atoms with E-state index in [9.17, 15) is 8.42 Å². The van der Waals surface area contributed by atoms with E-state index in [2.05, 4.69) is 86.0 Å². The van der Waals surface area contributed by atoms with Crippen molar-refractivity contribution in [2.24, 2.45) is 0 Å². The van der Waals surface area contributed by atoms with E-state index in [0.717, 1.165) is 29.5 Å². The zero-order valence-corrected chi connectivity index (χ0v) is 22.9. The summed E-state index contributed by atoms with van der Waals surface area (Å²) < 4.78 is 27.5. The van der Waals surface area contributed by atoms with Gasteiger partial charge in [0.15, 0.2) is 10.3 Å². The van der Waals surface area contributed by atoms with Crippen LogP contribution in [-0.2, 0) is 16.6 Å². The third kappa shape index (κ3) is 6.84. The highest BCUT2D eigenvalue weighted by Crippen LogP contribution is 2.28. The summed E-state index contributed by atoms with van der Waals surface area (Å²) in [5.41, 5.74) is 4.36. The van der Waals surface area contributed by atoms with Crippen LogP contribution < -0.4 is 15.4 Å². The zero-order valence-electron chi connectivity index (χ0n) is 20.4. The molecule has 0 aliphatic heterocycles. The molecule has 0 aliphatic carbocycles. The first-order valence-corrected chi connectivity index (χ1v) is 15.4. The number of thiazole rings is 2. The molecule has 2 heterocycles. The average Bonchev–Trinajstić information content (AvgIpc) is 3.62. The fourth-order valence-corrected chi connectivity index (χ4v) is 6.61. The molecule has 0 fully saturated rings. The number of hydrogen-bond acceptors (Lipinski definition) is 8. The summed E-state index contributed by atoms with van der Waals surface area (Å²) in [7, 11) is -3.67. The first-order chi connectivity index (χ1) is 18.6. The van der Waals surface area contributed by atoms with Crippen molar-refractivity contribution < 1.29 is 8.42 Å². The molecule has 3 aromatic carbocycles. The fourth-order valence-electron chi connectivity index (χ4n) is 4.09. The number of rotatable bonds is 12. The molecule has 7 nitrogen and oxygen atoms in total. The van der Waals surface area contributed by atoms with E-state index >= 15 is 0 Å². The summed E-state index contributed by atoms with van der Waals surface area (Å²) in [4.78, 5) is 8.81. The minimum Gasteiger partial charge on any atom is -0.332 e. The van der Waals surface area contributed by atoms with Crippen LogP contribution in [0.1, 0.15) is 29.2 Å². The van der Waals surface area contributed by atoms with Crippen LogP contribution in [0.3, 0.4) is 0 Å². The average molecular weight is 562 g/mol. The van der Waals surface area contributed by atoms with E-state index in [1.165, 1.54) is 33.8 Å². The lowest BCUT2D eigenvalue weighted by atomic mass is 9.88. The monoisotopic (exact) mass is 561 g/mol. The highest BCUT2D eigenvalue weighted by molar-refractivity contribution is 7.93. The number of sulfonamides is 1. The Bertz CT molecular complexity index is 1480. The molecule has 0 spiro atoms. The van der Waals surface area contributed by atoms with Gasteiger partial charge in [0, 0.05) is 35.1 Å². The van der Waals surface area contributed by atoms with Crippen molar-refractivity contribution in [2.75, 3.05) is 16.6 Å². The molecule has 2 aromatic heterocycles. The first-order valence-electron chi connectivity index (χ1n) is 12.1. The van der Waals surface area contributed by atoms with Crippen LogP contribution >= 0.6 is 22.7 Å². The van der Waals surface area contributed by atoms with Crippen LogP contribution in [-0.4, -0.2) is 24.9 Å². The number of benzene rings is 3. The Morgan fingerprint density at radius 1 is 0.816 bits per heavy atom. The lowest BCUT2D eigenvalue weighted by Gasteiger charge is -2.18. The van der Waals surface area contributed by atoms with E-state index in [1.54, 1.807) is 35.8 Å². The summed E-state index contributed by atoms with van der Waals surface area (Å²) in [5, 5.41) is 11.6. The van der Waals surface area contributed by atoms with Gasteiger partial charge in [0.05, 0.1) is 10.6 Å². The van der Waals surface area contributed by atoms with Crippen LogP contribution in [0.4, 0.5) is 16.0 Å². The summed E-state index contributed by atoms with van der Waals surface area (Å²) in [6, 6.07) is 27.8. The van der Waals surface area contributed by atoms with Crippen LogP contribution in [0, 0.1) is 0 Å². The van der Waals surface area contributed by atoms with Crippen molar-refractivity contribution in [1.82, 2.24) is 15.3 Å². The van der Waals surface area contributed by atoms with Gasteiger partial charge < -0.3 is 10.6 Å². The standard InChI is InChI=1S/C28H27N5O2S3/c34-38(35,33-27-30-17-18-36-27)25-13-11-23(12-14-25)31-28-32-24(20-37-28)19-29-16-15-26(21-7-3-1-4-8-21)22-9-5-2-6-10-22/h1-14,17-18,20,26,29H,15-16,19H2,(H,30,33)(H,31,32). The molecule has 0 saturated heterocycles. The van der Waals surface area contributed by atoms with Gasteiger partial charge in [-0.3, -0.25) is 4.72 Å². The maximum Gasteiger partial charge on any atom is 0.263 e. The third-order valence-electron chi connectivity index (χ3n) is 5.94. The lowest BCUT2D eigenvalue weighted by Crippen LogP contribution is -2.18.